The van der Waals surface area contributed by atoms with Crippen LogP contribution in [-0.4, -0.2) is 77.4 Å². The molecule has 2 aromatic carbocycles. The lowest BCUT2D eigenvalue weighted by Gasteiger charge is -2.31. The second-order valence-corrected chi connectivity index (χ2v) is 11.5. The Bertz CT molecular complexity index is 1680. The summed E-state index contributed by atoms with van der Waals surface area (Å²) in [7, 11) is 1.95. The van der Waals surface area contributed by atoms with Gasteiger partial charge in [0.15, 0.2) is 5.82 Å². The van der Waals surface area contributed by atoms with Gasteiger partial charge in [-0.3, -0.25) is 9.88 Å². The van der Waals surface area contributed by atoms with E-state index in [1.54, 1.807) is 18.3 Å². The van der Waals surface area contributed by atoms with Crippen molar-refractivity contribution in [2.75, 3.05) is 44.7 Å². The first-order valence-corrected chi connectivity index (χ1v) is 14.2. The Labute approximate surface area is 237 Å². The first-order valence-electron chi connectivity index (χ1n) is 14.2. The number of fused-ring (bicyclic) bond motifs is 3. The third kappa shape index (κ3) is 4.35. The maximum absolute atomic E-state index is 16.5. The van der Waals surface area contributed by atoms with Crippen molar-refractivity contribution >= 4 is 27.5 Å². The summed E-state index contributed by atoms with van der Waals surface area (Å²) in [5.41, 5.74) is 0.814. The van der Waals surface area contributed by atoms with Crippen LogP contribution in [0.1, 0.15) is 31.2 Å². The van der Waals surface area contributed by atoms with E-state index in [2.05, 4.69) is 26.3 Å². The van der Waals surface area contributed by atoms with Crippen LogP contribution in [0.25, 0.3) is 32.9 Å². The average Bonchev–Trinajstić information content (AvgIpc) is 3.72. The molecule has 3 saturated heterocycles. The largest absolute Gasteiger partial charge is 0.461 e. The van der Waals surface area contributed by atoms with Crippen molar-refractivity contribution in [3.8, 4) is 23.3 Å². The number of likely N-dealkylation sites (N-methyl/N-ethyl adjacent to an activating group) is 1. The molecule has 1 N–H and O–H groups in total. The Balaban J connectivity index is 1.35. The molecule has 0 amide bonds. The average molecular weight is 556 g/mol. The smallest absolute Gasteiger partial charge is 0.319 e. The van der Waals surface area contributed by atoms with E-state index < -0.39 is 12.0 Å². The van der Waals surface area contributed by atoms with Gasteiger partial charge in [-0.1, -0.05) is 30.3 Å². The molecule has 10 heteroatoms. The van der Waals surface area contributed by atoms with Crippen LogP contribution < -0.4 is 15.0 Å². The van der Waals surface area contributed by atoms with Gasteiger partial charge in [0.25, 0.3) is 0 Å². The first-order chi connectivity index (χ1) is 20.0. The number of nitriles is 1. The van der Waals surface area contributed by atoms with Gasteiger partial charge in [0.05, 0.1) is 22.6 Å². The Morgan fingerprint density at radius 3 is 2.90 bits per heavy atom. The molecule has 3 aliphatic heterocycles. The van der Waals surface area contributed by atoms with E-state index >= 15 is 4.39 Å². The van der Waals surface area contributed by atoms with E-state index in [0.29, 0.717) is 40.7 Å². The molecule has 5 heterocycles. The molecule has 3 atom stereocenters. The van der Waals surface area contributed by atoms with Crippen LogP contribution in [0.15, 0.2) is 42.6 Å². The maximum Gasteiger partial charge on any atom is 0.319 e. The molecule has 0 bridgehead atoms. The van der Waals surface area contributed by atoms with Crippen molar-refractivity contribution in [3.05, 3.63) is 54.0 Å². The summed E-state index contributed by atoms with van der Waals surface area (Å²) in [6.07, 6.45) is 3.93. The number of anilines is 1. The lowest BCUT2D eigenvalue weighted by molar-refractivity contribution is 0.107. The number of benzene rings is 2. The molecule has 2 aromatic heterocycles. The van der Waals surface area contributed by atoms with E-state index in [4.69, 9.17) is 9.72 Å². The zero-order valence-electron chi connectivity index (χ0n) is 22.9. The number of hydrogen-bond acceptors (Lipinski definition) is 8. The van der Waals surface area contributed by atoms with Gasteiger partial charge < -0.3 is 15.0 Å². The fourth-order valence-corrected chi connectivity index (χ4v) is 6.96. The first kappa shape index (κ1) is 26.0. The molecule has 41 heavy (non-hydrogen) atoms. The SMILES string of the molecule is CN(c1nc(OC[C@@]23CCCN2C[C@H](F)C3)nc2c(F)c(-c3cccc4cccc(C#N)c34)ncc12)[C@@H]1CCNC1. The Hall–Kier alpha value is -3.94. The molecule has 0 spiro atoms. The summed E-state index contributed by atoms with van der Waals surface area (Å²) in [5, 5.41) is 15.1. The van der Waals surface area contributed by atoms with Gasteiger partial charge in [-0.15, -0.1) is 0 Å². The molecular weight excluding hydrogens is 524 g/mol. The highest BCUT2D eigenvalue weighted by molar-refractivity contribution is 6.01. The van der Waals surface area contributed by atoms with Crippen LogP contribution in [0.2, 0.25) is 0 Å². The fraction of sp³-hybridized carbons (Fsp3) is 0.419. The quantitative estimate of drug-likeness (QED) is 0.369. The Morgan fingerprint density at radius 2 is 2.10 bits per heavy atom. The number of aromatic nitrogens is 3. The summed E-state index contributed by atoms with van der Waals surface area (Å²) in [6, 6.07) is 13.4. The Morgan fingerprint density at radius 1 is 1.24 bits per heavy atom. The topological polar surface area (TPSA) is 90.2 Å². The van der Waals surface area contributed by atoms with Crippen molar-refractivity contribution in [1.82, 2.24) is 25.2 Å². The summed E-state index contributed by atoms with van der Waals surface area (Å²) in [4.78, 5) is 18.1. The van der Waals surface area contributed by atoms with E-state index in [9.17, 15) is 9.65 Å². The second-order valence-electron chi connectivity index (χ2n) is 11.5. The van der Waals surface area contributed by atoms with Gasteiger partial charge in [0.2, 0.25) is 0 Å². The van der Waals surface area contributed by atoms with Gasteiger partial charge in [-0.2, -0.15) is 15.2 Å². The molecule has 0 aliphatic carbocycles. The number of ether oxygens (including phenoxy) is 1. The zero-order chi connectivity index (χ0) is 28.1. The summed E-state index contributed by atoms with van der Waals surface area (Å²) in [6.45, 7) is 3.20. The number of rotatable bonds is 6. The minimum absolute atomic E-state index is 0.0699. The minimum atomic E-state index is -0.877. The highest BCUT2D eigenvalue weighted by Crippen LogP contribution is 2.41. The minimum Gasteiger partial charge on any atom is -0.461 e. The van der Waals surface area contributed by atoms with Crippen LogP contribution in [-0.2, 0) is 0 Å². The van der Waals surface area contributed by atoms with Crippen molar-refractivity contribution in [2.45, 2.75) is 43.4 Å². The highest BCUT2D eigenvalue weighted by Gasteiger charge is 2.49. The predicted molar refractivity (Wildman–Crippen MR) is 153 cm³/mol. The number of halogens is 2. The number of nitrogens with zero attached hydrogens (tertiary/aromatic N) is 6. The number of hydrogen-bond donors (Lipinski definition) is 1. The van der Waals surface area contributed by atoms with Crippen molar-refractivity contribution in [3.63, 3.8) is 0 Å². The zero-order valence-corrected chi connectivity index (χ0v) is 22.9. The molecule has 8 nitrogen and oxygen atoms in total. The Kier molecular flexibility index (Phi) is 6.44. The molecule has 210 valence electrons. The number of alkyl halides is 1. The van der Waals surface area contributed by atoms with E-state index in [0.717, 1.165) is 44.3 Å². The summed E-state index contributed by atoms with van der Waals surface area (Å²) in [5.74, 6) is -0.0533. The monoisotopic (exact) mass is 555 g/mol. The van der Waals surface area contributed by atoms with E-state index in [-0.39, 0.29) is 35.4 Å². The summed E-state index contributed by atoms with van der Waals surface area (Å²) >= 11 is 0. The molecule has 4 aromatic rings. The van der Waals surface area contributed by atoms with Gasteiger partial charge >= 0.3 is 6.01 Å². The van der Waals surface area contributed by atoms with Crippen LogP contribution in [0.4, 0.5) is 14.6 Å². The van der Waals surface area contributed by atoms with Crippen LogP contribution >= 0.6 is 0 Å². The maximum atomic E-state index is 16.5. The third-order valence-corrected chi connectivity index (χ3v) is 9.07. The molecule has 0 radical (unpaired) electrons. The van der Waals surface area contributed by atoms with Gasteiger partial charge in [0, 0.05) is 49.7 Å². The molecule has 0 saturated carbocycles. The van der Waals surface area contributed by atoms with Crippen LogP contribution in [0, 0.1) is 17.1 Å². The predicted octanol–water partition coefficient (Wildman–Crippen LogP) is 4.61. The number of pyridine rings is 1. The lowest BCUT2D eigenvalue weighted by atomic mass is 9.95. The molecule has 7 rings (SSSR count). The lowest BCUT2D eigenvalue weighted by Crippen LogP contribution is -2.43. The van der Waals surface area contributed by atoms with Crippen molar-refractivity contribution in [2.24, 2.45) is 0 Å². The highest BCUT2D eigenvalue weighted by atomic mass is 19.1. The van der Waals surface area contributed by atoms with Crippen LogP contribution in [0.3, 0.4) is 0 Å². The fourth-order valence-electron chi connectivity index (χ4n) is 6.96. The van der Waals surface area contributed by atoms with Gasteiger partial charge in [-0.05, 0) is 43.8 Å². The number of nitrogens with one attached hydrogen (secondary N) is 1. The van der Waals surface area contributed by atoms with Crippen LogP contribution in [0.5, 0.6) is 6.01 Å². The standard InChI is InChI=1S/C31H31F2N7O/c1-39(22-9-11-35-15-22)29-24-16-36-27(23-8-3-6-19-5-2-7-20(14-34)25(19)23)26(33)28(24)37-30(38-29)41-18-31-10-4-12-40(31)17-21(32)13-31/h2-3,5-8,16,21-22,35H,4,9-13,15,17-18H2,1H3/t21-,22-,31+/m1/s1. The van der Waals surface area contributed by atoms with E-state index in [1.165, 1.54) is 0 Å². The van der Waals surface area contributed by atoms with Gasteiger partial charge in [0.1, 0.15) is 29.8 Å². The second kappa shape index (κ2) is 10.2. The van der Waals surface area contributed by atoms with Crippen molar-refractivity contribution in [1.29, 1.82) is 5.26 Å². The van der Waals surface area contributed by atoms with Gasteiger partial charge in [-0.25, -0.2) is 8.78 Å². The molecular formula is C31H31F2N7O. The van der Waals surface area contributed by atoms with Crippen molar-refractivity contribution < 1.29 is 13.5 Å². The van der Waals surface area contributed by atoms with E-state index in [1.807, 2.05) is 36.2 Å². The molecule has 3 aliphatic rings. The molecule has 3 fully saturated rings. The molecule has 0 unspecified atom stereocenters. The summed E-state index contributed by atoms with van der Waals surface area (Å²) < 4.78 is 37.1. The third-order valence-electron chi connectivity index (χ3n) is 9.07. The normalized spacial score (nSPS) is 24.1.